The minimum Gasteiger partial charge on any atom is -0.343 e. The number of piperidine rings is 1. The van der Waals surface area contributed by atoms with Crippen LogP contribution in [0.1, 0.15) is 42.0 Å². The number of carbonyl (C=O) groups is 1. The number of carbonyl (C=O) groups excluding carboxylic acids is 1. The Kier molecular flexibility index (Phi) is 7.05. The van der Waals surface area contributed by atoms with Crippen molar-refractivity contribution in [2.24, 2.45) is 0 Å². The Hall–Kier alpha value is -3.41. The second kappa shape index (κ2) is 10.8. The molecule has 2 aliphatic rings. The van der Waals surface area contributed by atoms with Gasteiger partial charge in [0.2, 0.25) is 5.91 Å². The fourth-order valence-corrected chi connectivity index (χ4v) is 6.25. The molecule has 6 heteroatoms. The summed E-state index contributed by atoms with van der Waals surface area (Å²) in [5.74, 6) is 0.989. The van der Waals surface area contributed by atoms with Crippen LogP contribution in [0, 0.1) is 0 Å². The van der Waals surface area contributed by atoms with E-state index in [1.54, 1.807) is 6.92 Å². The standard InChI is InChI=1S/C32H33ClN4O/c1-22(38)36-15-12-27(13-16-36)37-17-14-28-25(8-5-9-26(28)21-37)18-23-10-11-30(33)29(19-23)32-34-20-31(35-32)24-6-3-2-4-7-24/h2-11,19-20,27H,12-18,21H2,1H3,(H,34,35). The van der Waals surface area contributed by atoms with Crippen molar-refractivity contribution in [3.05, 3.63) is 100 Å². The number of halogens is 1. The molecule has 0 radical (unpaired) electrons. The van der Waals surface area contributed by atoms with Gasteiger partial charge in [0.05, 0.1) is 16.9 Å². The molecule has 0 bridgehead atoms. The highest BCUT2D eigenvalue weighted by molar-refractivity contribution is 6.33. The topological polar surface area (TPSA) is 52.2 Å². The van der Waals surface area contributed by atoms with E-state index >= 15 is 0 Å². The summed E-state index contributed by atoms with van der Waals surface area (Å²) in [4.78, 5) is 24.4. The van der Waals surface area contributed by atoms with E-state index in [0.717, 1.165) is 74.5 Å². The maximum atomic E-state index is 11.7. The van der Waals surface area contributed by atoms with E-state index in [9.17, 15) is 4.79 Å². The van der Waals surface area contributed by atoms with Crippen molar-refractivity contribution in [2.75, 3.05) is 19.6 Å². The summed E-state index contributed by atoms with van der Waals surface area (Å²) in [5.41, 5.74) is 8.57. The summed E-state index contributed by atoms with van der Waals surface area (Å²) in [6, 6.07) is 23.8. The third kappa shape index (κ3) is 5.13. The van der Waals surface area contributed by atoms with Crippen molar-refractivity contribution < 1.29 is 4.79 Å². The van der Waals surface area contributed by atoms with Crippen LogP contribution in [0.5, 0.6) is 0 Å². The van der Waals surface area contributed by atoms with Gasteiger partial charge in [-0.2, -0.15) is 0 Å². The van der Waals surface area contributed by atoms with E-state index in [0.29, 0.717) is 11.1 Å². The van der Waals surface area contributed by atoms with Crippen LogP contribution in [0.4, 0.5) is 0 Å². The molecule has 3 heterocycles. The van der Waals surface area contributed by atoms with Crippen LogP contribution in [-0.4, -0.2) is 51.4 Å². The lowest BCUT2D eigenvalue weighted by molar-refractivity contribution is -0.130. The normalized spacial score (nSPS) is 16.4. The number of likely N-dealkylation sites (tertiary alicyclic amines) is 1. The molecule has 3 aromatic carbocycles. The van der Waals surface area contributed by atoms with Gasteiger partial charge >= 0.3 is 0 Å². The Labute approximate surface area is 229 Å². The third-order valence-corrected chi connectivity index (χ3v) is 8.49. The third-order valence-electron chi connectivity index (χ3n) is 8.16. The number of benzene rings is 3. The molecule has 0 atom stereocenters. The van der Waals surface area contributed by atoms with E-state index in [4.69, 9.17) is 11.6 Å². The molecule has 5 nitrogen and oxygen atoms in total. The molecule has 1 N–H and O–H groups in total. The minimum absolute atomic E-state index is 0.200. The van der Waals surface area contributed by atoms with E-state index < -0.39 is 0 Å². The molecule has 1 aromatic heterocycles. The average molecular weight is 525 g/mol. The number of H-pyrrole nitrogens is 1. The number of imidazole rings is 1. The largest absolute Gasteiger partial charge is 0.343 e. The fourth-order valence-electron chi connectivity index (χ4n) is 6.04. The van der Waals surface area contributed by atoms with Crippen molar-refractivity contribution >= 4 is 17.5 Å². The number of aromatic amines is 1. The molecule has 0 unspecified atom stereocenters. The van der Waals surface area contributed by atoms with Gasteiger partial charge in [-0.05, 0) is 65.6 Å². The van der Waals surface area contributed by atoms with Gasteiger partial charge in [-0.3, -0.25) is 9.69 Å². The van der Waals surface area contributed by atoms with E-state index in [1.807, 2.05) is 35.4 Å². The lowest BCUT2D eigenvalue weighted by Gasteiger charge is -2.40. The van der Waals surface area contributed by atoms with Crippen LogP contribution in [-0.2, 0) is 24.2 Å². The second-order valence-corrected chi connectivity index (χ2v) is 10.9. The molecule has 1 saturated heterocycles. The van der Waals surface area contributed by atoms with Gasteiger partial charge in [0.1, 0.15) is 5.82 Å². The first-order valence-electron chi connectivity index (χ1n) is 13.5. The lowest BCUT2D eigenvalue weighted by atomic mass is 9.89. The lowest BCUT2D eigenvalue weighted by Crippen LogP contribution is -2.47. The molecule has 6 rings (SSSR count). The Morgan fingerprint density at radius 3 is 2.63 bits per heavy atom. The number of rotatable bonds is 5. The molecular weight excluding hydrogens is 492 g/mol. The number of fused-ring (bicyclic) bond motifs is 1. The quantitative estimate of drug-likeness (QED) is 0.330. The molecule has 0 aliphatic carbocycles. The summed E-state index contributed by atoms with van der Waals surface area (Å²) in [7, 11) is 0. The van der Waals surface area contributed by atoms with Crippen LogP contribution < -0.4 is 0 Å². The first-order valence-corrected chi connectivity index (χ1v) is 13.9. The second-order valence-electron chi connectivity index (χ2n) is 10.5. The maximum absolute atomic E-state index is 11.7. The zero-order chi connectivity index (χ0) is 26.1. The number of hydrogen-bond acceptors (Lipinski definition) is 3. The van der Waals surface area contributed by atoms with Crippen molar-refractivity contribution in [2.45, 2.75) is 45.2 Å². The fraction of sp³-hybridized carbons (Fsp3) is 0.312. The molecule has 38 heavy (non-hydrogen) atoms. The monoisotopic (exact) mass is 524 g/mol. The number of aromatic nitrogens is 2. The van der Waals surface area contributed by atoms with Gasteiger partial charge in [0, 0.05) is 44.7 Å². The molecule has 4 aromatic rings. The predicted octanol–water partition coefficient (Wildman–Crippen LogP) is 6.36. The van der Waals surface area contributed by atoms with Crippen LogP contribution in [0.3, 0.4) is 0 Å². The van der Waals surface area contributed by atoms with Crippen molar-refractivity contribution in [1.29, 1.82) is 0 Å². The van der Waals surface area contributed by atoms with Crippen molar-refractivity contribution in [3.8, 4) is 22.6 Å². The van der Waals surface area contributed by atoms with Gasteiger partial charge in [-0.25, -0.2) is 4.98 Å². The highest BCUT2D eigenvalue weighted by atomic mass is 35.5. The molecule has 1 fully saturated rings. The highest BCUT2D eigenvalue weighted by Gasteiger charge is 2.28. The Balaban J connectivity index is 1.19. The van der Waals surface area contributed by atoms with Gasteiger partial charge < -0.3 is 9.88 Å². The summed E-state index contributed by atoms with van der Waals surface area (Å²) in [6.45, 7) is 5.51. The van der Waals surface area contributed by atoms with E-state index in [2.05, 4.69) is 57.3 Å². The van der Waals surface area contributed by atoms with E-state index in [-0.39, 0.29) is 5.91 Å². The summed E-state index contributed by atoms with van der Waals surface area (Å²) >= 11 is 6.63. The van der Waals surface area contributed by atoms with Crippen LogP contribution >= 0.6 is 11.6 Å². The number of hydrogen-bond donors (Lipinski definition) is 1. The predicted molar refractivity (Wildman–Crippen MR) is 153 cm³/mol. The average Bonchev–Trinajstić information content (AvgIpc) is 3.45. The summed E-state index contributed by atoms with van der Waals surface area (Å²) in [5, 5.41) is 0.698. The molecule has 0 spiro atoms. The van der Waals surface area contributed by atoms with Crippen molar-refractivity contribution in [1.82, 2.24) is 19.8 Å². The van der Waals surface area contributed by atoms with Crippen molar-refractivity contribution in [3.63, 3.8) is 0 Å². The van der Waals surface area contributed by atoms with E-state index in [1.165, 1.54) is 22.3 Å². The summed E-state index contributed by atoms with van der Waals surface area (Å²) < 4.78 is 0. The minimum atomic E-state index is 0.200. The Morgan fingerprint density at radius 1 is 1.03 bits per heavy atom. The SMILES string of the molecule is CC(=O)N1CCC(N2CCc3c(Cc4ccc(Cl)c(-c5ncc(-c6ccccc6)[nH]5)c4)cccc3C2)CC1. The molecule has 0 saturated carbocycles. The van der Waals surface area contributed by atoms with Crippen LogP contribution in [0.15, 0.2) is 72.9 Å². The number of nitrogens with zero attached hydrogens (tertiary/aromatic N) is 3. The Bertz CT molecular complexity index is 1440. The van der Waals surface area contributed by atoms with Crippen LogP contribution in [0.2, 0.25) is 5.02 Å². The molecular formula is C32H33ClN4O. The zero-order valence-corrected chi connectivity index (χ0v) is 22.5. The van der Waals surface area contributed by atoms with Crippen LogP contribution in [0.25, 0.3) is 22.6 Å². The Morgan fingerprint density at radius 2 is 1.84 bits per heavy atom. The molecule has 1 amide bonds. The van der Waals surface area contributed by atoms with Gasteiger partial charge in [-0.1, -0.05) is 66.2 Å². The molecule has 194 valence electrons. The number of nitrogens with one attached hydrogen (secondary N) is 1. The maximum Gasteiger partial charge on any atom is 0.219 e. The number of amides is 1. The molecule has 2 aliphatic heterocycles. The van der Waals surface area contributed by atoms with Gasteiger partial charge in [0.15, 0.2) is 0 Å². The highest BCUT2D eigenvalue weighted by Crippen LogP contribution is 2.32. The smallest absolute Gasteiger partial charge is 0.219 e. The van der Waals surface area contributed by atoms with Gasteiger partial charge in [-0.15, -0.1) is 0 Å². The zero-order valence-electron chi connectivity index (χ0n) is 21.8. The first kappa shape index (κ1) is 24.9. The van der Waals surface area contributed by atoms with Gasteiger partial charge in [0.25, 0.3) is 0 Å². The first-order chi connectivity index (χ1) is 18.5. The summed E-state index contributed by atoms with van der Waals surface area (Å²) in [6.07, 6.45) is 5.95.